The molecule has 3 nitrogen and oxygen atoms in total. The molecule has 0 amide bonds. The molecule has 0 aliphatic heterocycles. The molecule has 1 aromatic rings. The van der Waals surface area contributed by atoms with Gasteiger partial charge in [0.15, 0.2) is 0 Å². The lowest BCUT2D eigenvalue weighted by atomic mass is 10.4. The third-order valence-electron chi connectivity index (χ3n) is 1.02. The Kier molecular flexibility index (Phi) is 2.62. The van der Waals surface area contributed by atoms with Gasteiger partial charge < -0.3 is 0 Å². The molecule has 0 fully saturated rings. The van der Waals surface area contributed by atoms with Crippen molar-refractivity contribution in [1.82, 2.24) is 4.98 Å². The first-order valence-electron chi connectivity index (χ1n) is 2.75. The third kappa shape index (κ3) is 1.95. The Bertz CT molecular complexity index is 199. The highest BCUT2D eigenvalue weighted by molar-refractivity contribution is 6.30. The van der Waals surface area contributed by atoms with E-state index < -0.39 is 0 Å². The van der Waals surface area contributed by atoms with E-state index in [2.05, 4.69) is 9.82 Å². The Balaban J connectivity index is 2.69. The summed E-state index contributed by atoms with van der Waals surface area (Å²) in [6.07, 6.45) is 1.55. The molecule has 0 aliphatic rings. The van der Waals surface area contributed by atoms with Crippen molar-refractivity contribution in [2.45, 2.75) is 6.61 Å². The van der Waals surface area contributed by atoms with Crippen LogP contribution in [0.15, 0.2) is 18.3 Å². The van der Waals surface area contributed by atoms with Crippen LogP contribution >= 0.6 is 11.6 Å². The quantitative estimate of drug-likeness (QED) is 0.657. The van der Waals surface area contributed by atoms with E-state index in [0.717, 1.165) is 5.69 Å². The fraction of sp³-hybridized carbons (Fsp3) is 0.167. The minimum absolute atomic E-state index is 0.317. The van der Waals surface area contributed by atoms with Crippen LogP contribution in [0.5, 0.6) is 0 Å². The predicted molar refractivity (Wildman–Crippen MR) is 38.2 cm³/mol. The van der Waals surface area contributed by atoms with Gasteiger partial charge in [-0.25, -0.2) is 5.90 Å². The number of hydrogen-bond donors (Lipinski definition) is 1. The van der Waals surface area contributed by atoms with E-state index >= 15 is 0 Å². The summed E-state index contributed by atoms with van der Waals surface area (Å²) in [4.78, 5) is 8.29. The molecule has 0 saturated heterocycles. The standard InChI is InChI=1S/C6H7ClN2O/c7-5-1-2-6(4-10-8)9-3-5/h1-3H,4,8H2. The van der Waals surface area contributed by atoms with E-state index in [1.54, 1.807) is 18.3 Å². The smallest absolute Gasteiger partial charge is 0.110 e. The van der Waals surface area contributed by atoms with Crippen molar-refractivity contribution in [2.75, 3.05) is 0 Å². The largest absolute Gasteiger partial charge is 0.298 e. The summed E-state index contributed by atoms with van der Waals surface area (Å²) in [6, 6.07) is 3.50. The Morgan fingerprint density at radius 3 is 2.90 bits per heavy atom. The van der Waals surface area contributed by atoms with Gasteiger partial charge in [0.25, 0.3) is 0 Å². The van der Waals surface area contributed by atoms with Crippen molar-refractivity contribution in [2.24, 2.45) is 5.90 Å². The van der Waals surface area contributed by atoms with E-state index in [1.165, 1.54) is 0 Å². The number of nitrogens with zero attached hydrogens (tertiary/aromatic N) is 1. The first-order chi connectivity index (χ1) is 4.83. The van der Waals surface area contributed by atoms with Crippen molar-refractivity contribution in [1.29, 1.82) is 0 Å². The van der Waals surface area contributed by atoms with Gasteiger partial charge in [0.1, 0.15) is 6.61 Å². The molecule has 54 valence electrons. The fourth-order valence-electron chi connectivity index (χ4n) is 0.577. The minimum Gasteiger partial charge on any atom is -0.298 e. The maximum absolute atomic E-state index is 5.58. The molecule has 1 heterocycles. The number of hydrogen-bond acceptors (Lipinski definition) is 3. The van der Waals surface area contributed by atoms with Gasteiger partial charge in [-0.3, -0.25) is 9.82 Å². The van der Waals surface area contributed by atoms with E-state index in [9.17, 15) is 0 Å². The van der Waals surface area contributed by atoms with Crippen LogP contribution in [0.2, 0.25) is 5.02 Å². The van der Waals surface area contributed by atoms with Crippen molar-refractivity contribution in [3.63, 3.8) is 0 Å². The van der Waals surface area contributed by atoms with Crippen LogP contribution in [0.25, 0.3) is 0 Å². The zero-order valence-electron chi connectivity index (χ0n) is 5.25. The number of halogens is 1. The maximum atomic E-state index is 5.58. The molecule has 10 heavy (non-hydrogen) atoms. The number of rotatable bonds is 2. The van der Waals surface area contributed by atoms with Crippen LogP contribution < -0.4 is 5.90 Å². The van der Waals surface area contributed by atoms with Crippen molar-refractivity contribution in [3.05, 3.63) is 29.0 Å². The Morgan fingerprint density at radius 1 is 1.60 bits per heavy atom. The molecule has 0 atom stereocenters. The van der Waals surface area contributed by atoms with Crippen LogP contribution in [0.3, 0.4) is 0 Å². The lowest BCUT2D eigenvalue weighted by molar-refractivity contribution is 0.121. The molecule has 0 bridgehead atoms. The second-order valence-electron chi connectivity index (χ2n) is 1.78. The first kappa shape index (κ1) is 7.47. The molecular weight excluding hydrogens is 152 g/mol. The van der Waals surface area contributed by atoms with E-state index in [0.29, 0.717) is 11.6 Å². The molecule has 4 heteroatoms. The molecule has 0 aliphatic carbocycles. The van der Waals surface area contributed by atoms with Crippen molar-refractivity contribution in [3.8, 4) is 0 Å². The van der Waals surface area contributed by atoms with Crippen molar-refractivity contribution >= 4 is 11.6 Å². The average molecular weight is 159 g/mol. The van der Waals surface area contributed by atoms with Gasteiger partial charge in [-0.15, -0.1) is 0 Å². The highest BCUT2D eigenvalue weighted by Gasteiger charge is 1.91. The molecule has 0 radical (unpaired) electrons. The molecule has 2 N–H and O–H groups in total. The summed E-state index contributed by atoms with van der Waals surface area (Å²) >= 11 is 5.58. The first-order valence-corrected chi connectivity index (χ1v) is 3.13. The zero-order chi connectivity index (χ0) is 7.40. The molecule has 0 aromatic carbocycles. The van der Waals surface area contributed by atoms with E-state index in [-0.39, 0.29) is 0 Å². The highest BCUT2D eigenvalue weighted by atomic mass is 35.5. The number of aromatic nitrogens is 1. The molecular formula is C6H7ClN2O. The lowest BCUT2D eigenvalue weighted by Gasteiger charge is -1.95. The molecule has 1 rings (SSSR count). The van der Waals surface area contributed by atoms with Crippen LogP contribution in [-0.4, -0.2) is 4.98 Å². The van der Waals surface area contributed by atoms with Gasteiger partial charge in [-0.2, -0.15) is 0 Å². The third-order valence-corrected chi connectivity index (χ3v) is 1.24. The lowest BCUT2D eigenvalue weighted by Crippen LogP contribution is -2.00. The summed E-state index contributed by atoms with van der Waals surface area (Å²) in [5.41, 5.74) is 0.770. The van der Waals surface area contributed by atoms with Gasteiger partial charge >= 0.3 is 0 Å². The van der Waals surface area contributed by atoms with E-state index in [4.69, 9.17) is 17.5 Å². The van der Waals surface area contributed by atoms with E-state index in [1.807, 2.05) is 0 Å². The molecule has 0 spiro atoms. The Morgan fingerprint density at radius 2 is 2.40 bits per heavy atom. The minimum atomic E-state index is 0.317. The van der Waals surface area contributed by atoms with Crippen LogP contribution in [0, 0.1) is 0 Å². The van der Waals surface area contributed by atoms with Crippen LogP contribution in [0.4, 0.5) is 0 Å². The van der Waals surface area contributed by atoms with Gasteiger partial charge in [0.2, 0.25) is 0 Å². The summed E-state index contributed by atoms with van der Waals surface area (Å²) in [5.74, 6) is 4.83. The van der Waals surface area contributed by atoms with Gasteiger partial charge in [0, 0.05) is 6.20 Å². The number of pyridine rings is 1. The van der Waals surface area contributed by atoms with Gasteiger partial charge in [-0.1, -0.05) is 11.6 Å². The van der Waals surface area contributed by atoms with Gasteiger partial charge in [-0.05, 0) is 12.1 Å². The topological polar surface area (TPSA) is 48.1 Å². The predicted octanol–water partition coefficient (Wildman–Crippen LogP) is 1.13. The summed E-state index contributed by atoms with van der Waals surface area (Å²) < 4.78 is 0. The molecule has 0 unspecified atom stereocenters. The monoisotopic (exact) mass is 158 g/mol. The second kappa shape index (κ2) is 3.51. The zero-order valence-corrected chi connectivity index (χ0v) is 6.01. The SMILES string of the molecule is NOCc1ccc(Cl)cn1. The summed E-state index contributed by atoms with van der Waals surface area (Å²) in [6.45, 7) is 0.317. The molecule has 1 aromatic heterocycles. The average Bonchev–Trinajstić information content (AvgIpc) is 1.95. The Hall–Kier alpha value is -0.640. The summed E-state index contributed by atoms with van der Waals surface area (Å²) in [5, 5.41) is 0.612. The van der Waals surface area contributed by atoms with Gasteiger partial charge in [0.05, 0.1) is 10.7 Å². The van der Waals surface area contributed by atoms with Crippen molar-refractivity contribution < 1.29 is 4.84 Å². The highest BCUT2D eigenvalue weighted by Crippen LogP contribution is 2.05. The Labute approximate surface area is 63.7 Å². The maximum Gasteiger partial charge on any atom is 0.110 e. The molecule has 0 saturated carbocycles. The number of nitrogens with two attached hydrogens (primary N) is 1. The van der Waals surface area contributed by atoms with Crippen LogP contribution in [-0.2, 0) is 11.4 Å². The van der Waals surface area contributed by atoms with Crippen LogP contribution in [0.1, 0.15) is 5.69 Å². The normalized spacial score (nSPS) is 9.80. The fourth-order valence-corrected chi connectivity index (χ4v) is 0.689. The summed E-state index contributed by atoms with van der Waals surface area (Å²) in [7, 11) is 0. The second-order valence-corrected chi connectivity index (χ2v) is 2.22.